The molecule has 16 N–H and O–H groups in total. The van der Waals surface area contributed by atoms with Crippen molar-refractivity contribution in [3.63, 3.8) is 0 Å². The lowest BCUT2D eigenvalue weighted by molar-refractivity contribution is -0.0629. The third-order valence-corrected chi connectivity index (χ3v) is 24.0. The second kappa shape index (κ2) is 47.3. The summed E-state index contributed by atoms with van der Waals surface area (Å²) < 4.78 is 537. The highest BCUT2D eigenvalue weighted by Gasteiger charge is 2.51. The Morgan fingerprint density at radius 2 is 0.681 bits per heavy atom. The van der Waals surface area contributed by atoms with Crippen LogP contribution in [0.1, 0.15) is 272 Å². The smallest absolute Gasteiger partial charge is 0.191 e. The molecule has 0 spiro atoms. The van der Waals surface area contributed by atoms with E-state index in [1.165, 1.54) is 69.3 Å². The van der Waals surface area contributed by atoms with Gasteiger partial charge in [0.1, 0.15) is 71.9 Å². The van der Waals surface area contributed by atoms with Crippen molar-refractivity contribution in [3.8, 4) is 0 Å². The summed E-state index contributed by atoms with van der Waals surface area (Å²) in [4.78, 5) is 32.9. The van der Waals surface area contributed by atoms with Crippen LogP contribution < -0.4 is 21.3 Å². The van der Waals surface area contributed by atoms with Gasteiger partial charge in [0.2, 0.25) is 0 Å². The summed E-state index contributed by atoms with van der Waals surface area (Å²) in [6, 6.07) is -6.83. The summed E-state index contributed by atoms with van der Waals surface area (Å²) in [5.41, 5.74) is -13.0. The van der Waals surface area contributed by atoms with Crippen molar-refractivity contribution in [1.82, 2.24) is 99.8 Å². The molecule has 776 valence electrons. The number of anilines is 4. The molecule has 0 bridgehead atoms. The molecule has 24 atom stereocenters. The van der Waals surface area contributed by atoms with Crippen molar-refractivity contribution in [2.24, 2.45) is 0 Å². The molecule has 8 heterocycles. The van der Waals surface area contributed by atoms with Gasteiger partial charge in [-0.15, -0.1) is 20.4 Å². The molecule has 20 rings (SSSR count). The fourth-order valence-corrected chi connectivity index (χ4v) is 15.7. The summed E-state index contributed by atoms with van der Waals surface area (Å²) in [6.45, 7) is -9.12. The van der Waals surface area contributed by atoms with Crippen LogP contribution in [0.25, 0.3) is 44.7 Å². The van der Waals surface area contributed by atoms with Crippen LogP contribution in [0.3, 0.4) is 0 Å². The Balaban J connectivity index is 0.000000172. The van der Waals surface area contributed by atoms with Gasteiger partial charge in [-0.25, -0.2) is 76.2 Å². The number of nitrogens with zero attached hydrogens (tertiary/aromatic N) is 20. The minimum absolute atomic E-state index is 0.00194. The molecule has 144 heavy (non-hydrogen) atoms. The number of aliphatic hydroxyl groups excluding tert-OH is 2. The molecule has 0 amide bonds. The van der Waals surface area contributed by atoms with Crippen LogP contribution in [0.4, 0.5) is 40.8 Å². The van der Waals surface area contributed by atoms with Gasteiger partial charge < -0.3 is 101 Å². The fourth-order valence-electron chi connectivity index (χ4n) is 13.6. The first-order chi connectivity index (χ1) is 89.4. The first-order valence-corrected chi connectivity index (χ1v) is 45.9. The van der Waals surface area contributed by atoms with Crippen molar-refractivity contribution >= 4 is 115 Å². The molecule has 0 unspecified atom stereocenters. The third kappa shape index (κ3) is 23.8. The highest BCUT2D eigenvalue weighted by molar-refractivity contribution is 7.99. The molecule has 48 heteroatoms. The Hall–Kier alpha value is -9.52. The Bertz CT molecular complexity index is 9490. The average Bonchev–Trinajstić information content (AvgIpc) is 1.53. The number of aryl methyl sites for hydroxylation is 4. The van der Waals surface area contributed by atoms with E-state index in [0.717, 1.165) is 50.7 Å². The number of benzene rings is 4. The van der Waals surface area contributed by atoms with E-state index >= 15 is 0 Å². The van der Waals surface area contributed by atoms with E-state index in [0.29, 0.717) is 22.4 Å². The maximum absolute atomic E-state index is 14.5. The lowest BCUT2D eigenvalue weighted by atomic mass is 10.1. The lowest BCUT2D eigenvalue weighted by Crippen LogP contribution is -2.33. The van der Waals surface area contributed by atoms with Gasteiger partial charge in [-0.05, 0) is 148 Å². The normalized spacial score (nSPS) is 47.4. The summed E-state index contributed by atoms with van der Waals surface area (Å²) in [5.74, 6) is -12.4. The van der Waals surface area contributed by atoms with Crippen LogP contribution in [0.2, 0.25) is 0 Å². The van der Waals surface area contributed by atoms with Crippen LogP contribution in [0.15, 0.2) is 93.4 Å². The van der Waals surface area contributed by atoms with Crippen molar-refractivity contribution < 1.29 is 173 Å². The van der Waals surface area contributed by atoms with E-state index in [1.54, 1.807) is 13.0 Å². The molecule has 0 aliphatic heterocycles. The number of thioether (sulfide) groups is 4. The molecule has 8 aromatic heterocycles. The highest BCUT2D eigenvalue weighted by atomic mass is 32.2. The molecular formula is C96H124F4N24O16S4. The fraction of sp³-hybridized carbons (Fsp3) is 0.583. The SMILES string of the molecule is [2H]C([2H])(C)C([2H])([2H])Sc1nc(N[C@@H]2C([2H])([2H])[C@@]2([2H])c2ccc(C)c(F)c2)c2nnn([C@]3([2H])C([2H])([2H])[C@]([2H])(OC([2H])([2H])C([2H])([2H])O)[C@@]([2H])(O)[C@@]3([2H])O)c2n1.[2H]C([2H])(CO)O[C@@]1([2H])C([2H])([2H])[C@@]([2H])(n2nnc3c(N[C@@H]4C([2H])([2H])[C@@]4([2H])c4ccc(C)c(F)c4)nc(SC([2H])([2H])C([2H])([2H])C)nc32)[C@]([2H])(O)[C@]1([2H])O.[2H]C([2H])(O)CO[C@@]1([2H])C([2H])([2H])[C@@]([2H])(n2nnc3c(N[C@@H]4C([2H])([2H])[C@@]4([2H])c4ccc(C)c(F)c4)nc(SC([2H])([2H])C([2H])([2H])C)nc32)[C@]([2H])(O)[C@]1([2H])O.[2H]C1([2H])[C@]([2H])(OCCO)[C@@]([2H])(O)[C@@]([2H])(O)[C@]1([2H])n1nnc2c(N[C@]3([2H])C[C@@]3([2H])c3ccc(C)c(F)c3)nc(SCCC)nc21. The lowest BCUT2D eigenvalue weighted by Gasteiger charge is -2.17. The summed E-state index contributed by atoms with van der Waals surface area (Å²) in [5, 5.41) is 165. The minimum Gasteiger partial charge on any atom is -0.394 e. The van der Waals surface area contributed by atoms with Crippen molar-refractivity contribution in [2.45, 2.75) is 297 Å². The van der Waals surface area contributed by atoms with Crippen molar-refractivity contribution in [1.29, 1.82) is 0 Å². The maximum Gasteiger partial charge on any atom is 0.191 e. The number of hydrogen-bond donors (Lipinski definition) is 16. The minimum atomic E-state index is -4.44. The number of aromatic nitrogens is 20. The van der Waals surface area contributed by atoms with Gasteiger partial charge in [0.15, 0.2) is 88.6 Å². The number of ether oxygens (including phenoxy) is 4. The zero-order valence-electron chi connectivity index (χ0n) is 131. The molecule has 8 fully saturated rings. The second-order valence-corrected chi connectivity index (χ2v) is 34.0. The van der Waals surface area contributed by atoms with E-state index < -0.39 is 374 Å². The standard InChI is InChI=1S/4C24H31FN6O4S/c4*1-3-8-36-24-27-22(26-16-10-14(16)13-5-4-12(2)15(25)9-13)19-23(28-24)31(30-29-19)17-11-18(35-7-6-32)21(34)20(17)33/h4*4-5,9,14,16-18,20-21,32-34H,3,6-8,10-11H2,1-2H3,(H,26,27,28)/t4*14-,16+,17+,18-,20-,21+/m0000/s1/i3D2,6D2,7D2,8D2,10D2,11D2,14D,17D,18D,20D,21D;3D2,7D2,8D2,10D2,11D2,14D,17D,18D,20D,21D;3D2,6D2,8D2,10D2,11D2,14D,17D,18D,20D,21D;11D2,14D,16D,17D,18D,20D,21D. The van der Waals surface area contributed by atoms with Crippen LogP contribution in [0, 0.1) is 51.0 Å². The zero-order valence-corrected chi connectivity index (χ0v) is 79.0. The second-order valence-electron chi connectivity index (χ2n) is 30.6. The predicted octanol–water partition coefficient (Wildman–Crippen LogP) is 8.73. The summed E-state index contributed by atoms with van der Waals surface area (Å²) in [7, 11) is 0. The Morgan fingerprint density at radius 1 is 0.375 bits per heavy atom. The third-order valence-electron chi connectivity index (χ3n) is 21.0. The monoisotopic (exact) mass is 2130 g/mol. The van der Waals surface area contributed by atoms with E-state index in [1.807, 2.05) is 6.92 Å². The molecule has 8 saturated carbocycles. The van der Waals surface area contributed by atoms with E-state index in [2.05, 4.69) is 112 Å². The average molecular weight is 2130 g/mol. The molecular weight excluding hydrogens is 1950 g/mol. The van der Waals surface area contributed by atoms with Crippen LogP contribution in [0.5, 0.6) is 0 Å². The highest BCUT2D eigenvalue weighted by Crippen LogP contribution is 2.50. The Morgan fingerprint density at radius 3 is 0.979 bits per heavy atom. The number of hydrogen-bond acceptors (Lipinski definition) is 40. The van der Waals surface area contributed by atoms with E-state index in [-0.39, 0.29) is 111 Å². The van der Waals surface area contributed by atoms with Gasteiger partial charge in [0.05, 0.1) is 135 Å². The number of rotatable bonds is 40. The maximum atomic E-state index is 14.5. The van der Waals surface area contributed by atoms with Crippen molar-refractivity contribution in [3.05, 3.63) is 141 Å². The molecule has 4 aromatic carbocycles. The molecule has 0 saturated heterocycles. The zero-order chi connectivity index (χ0) is 151. The Labute approximate surface area is 921 Å². The quantitative estimate of drug-likeness (QED) is 0.00969. The number of fused-ring (bicyclic) bond motifs is 4. The van der Waals surface area contributed by atoms with Gasteiger partial charge in [-0.1, -0.05) is 144 Å². The summed E-state index contributed by atoms with van der Waals surface area (Å²) in [6.07, 6.45) is -79.5. The largest absolute Gasteiger partial charge is 0.394 e. The van der Waals surface area contributed by atoms with Crippen LogP contribution in [-0.4, -0.2) is 334 Å². The molecule has 40 nitrogen and oxygen atoms in total. The molecule has 0 radical (unpaired) electrons. The Kier molecular flexibility index (Phi) is 18.7. The van der Waals surface area contributed by atoms with Crippen LogP contribution >= 0.6 is 47.0 Å². The van der Waals surface area contributed by atoms with Gasteiger partial charge in [0.25, 0.3) is 0 Å². The molecule has 8 aliphatic carbocycles. The first-order valence-electron chi connectivity index (χ1n) is 69.9. The number of nitrogens with one attached hydrogen (secondary N) is 4. The van der Waals surface area contributed by atoms with E-state index in [9.17, 15) is 78.8 Å². The van der Waals surface area contributed by atoms with Crippen molar-refractivity contribution in [2.75, 3.05) is 96.8 Å². The topological polar surface area (TPSA) is 554 Å². The molecule has 8 aliphatic rings. The predicted molar refractivity (Wildman–Crippen MR) is 530 cm³/mol. The molecule has 12 aromatic rings. The number of halogens is 4. The number of aliphatic hydroxyl groups is 12. The van der Waals surface area contributed by atoms with Gasteiger partial charge in [-0.2, -0.15) is 0 Å². The summed E-state index contributed by atoms with van der Waals surface area (Å²) >= 11 is 1.22. The van der Waals surface area contributed by atoms with Gasteiger partial charge in [0, 0.05) is 137 Å². The van der Waals surface area contributed by atoms with E-state index in [4.69, 9.17) is 84.9 Å². The first kappa shape index (κ1) is 56.7. The van der Waals surface area contributed by atoms with Gasteiger partial charge in [-0.3, -0.25) is 0 Å². The van der Waals surface area contributed by atoms with Gasteiger partial charge >= 0.3 is 0 Å². The van der Waals surface area contributed by atoms with Crippen LogP contribution in [-0.2, 0) is 18.9 Å².